The third kappa shape index (κ3) is 4.45. The maximum Gasteiger partial charge on any atom is 0.393 e. The van der Waals surface area contributed by atoms with Gasteiger partial charge >= 0.3 is 12.2 Å². The van der Waals surface area contributed by atoms with Crippen LogP contribution in [0.2, 0.25) is 0 Å². The highest BCUT2D eigenvalue weighted by Crippen LogP contribution is 2.33. The molecule has 0 bridgehead atoms. The molecule has 0 radical (unpaired) electrons. The van der Waals surface area contributed by atoms with Gasteiger partial charge in [0.2, 0.25) is 5.13 Å². The molecule has 1 aromatic carbocycles. The summed E-state index contributed by atoms with van der Waals surface area (Å²) in [5.41, 5.74) is 0.351. The summed E-state index contributed by atoms with van der Waals surface area (Å²) < 4.78 is 64.3. The molecule has 26 heavy (non-hydrogen) atoms. The first-order valence-electron chi connectivity index (χ1n) is 7.60. The average Bonchev–Trinajstić information content (AvgIpc) is 3.15. The summed E-state index contributed by atoms with van der Waals surface area (Å²) in [5.74, 6) is -2.96. The average molecular weight is 392 g/mol. The lowest BCUT2D eigenvalue weighted by atomic mass is 10.1. The molecule has 1 aliphatic heterocycles. The fourth-order valence-corrected chi connectivity index (χ4v) is 3.41. The maximum absolute atomic E-state index is 13.2. The summed E-state index contributed by atoms with van der Waals surface area (Å²) >= 11 is 0.985. The molecule has 2 heterocycles. The molecule has 0 spiro atoms. The van der Waals surface area contributed by atoms with Crippen LogP contribution in [0.15, 0.2) is 18.2 Å². The van der Waals surface area contributed by atoms with Crippen LogP contribution in [0.25, 0.3) is 0 Å². The Morgan fingerprint density at radius 1 is 1.23 bits per heavy atom. The number of hydrogen-bond acceptors (Lipinski definition) is 4. The summed E-state index contributed by atoms with van der Waals surface area (Å²) in [6.45, 7) is -0.395. The van der Waals surface area contributed by atoms with Gasteiger partial charge in [0.1, 0.15) is 16.6 Å². The molecule has 1 aliphatic rings. The number of urea groups is 1. The van der Waals surface area contributed by atoms with Crippen molar-refractivity contribution in [2.24, 2.45) is 5.92 Å². The van der Waals surface area contributed by atoms with Crippen LogP contribution in [-0.2, 0) is 6.42 Å². The Kier molecular flexibility index (Phi) is 5.08. The van der Waals surface area contributed by atoms with Gasteiger partial charge < -0.3 is 4.90 Å². The number of likely N-dealkylation sites (tertiary alicyclic amines) is 1. The number of alkyl halides is 3. The van der Waals surface area contributed by atoms with Crippen molar-refractivity contribution in [3.05, 3.63) is 40.4 Å². The predicted molar refractivity (Wildman–Crippen MR) is 83.8 cm³/mol. The van der Waals surface area contributed by atoms with Crippen LogP contribution >= 0.6 is 11.3 Å². The van der Waals surface area contributed by atoms with E-state index in [9.17, 15) is 26.7 Å². The number of halogens is 5. The highest BCUT2D eigenvalue weighted by atomic mass is 32.1. The van der Waals surface area contributed by atoms with E-state index in [1.807, 2.05) is 0 Å². The summed E-state index contributed by atoms with van der Waals surface area (Å²) in [6, 6.07) is 2.38. The third-order valence-electron chi connectivity index (χ3n) is 3.90. The Hall–Kier alpha value is -2.30. The Morgan fingerprint density at radius 2 is 1.92 bits per heavy atom. The first kappa shape index (κ1) is 18.5. The number of carbonyl (C=O) groups is 1. The highest BCUT2D eigenvalue weighted by Gasteiger charge is 2.44. The van der Waals surface area contributed by atoms with Crippen LogP contribution in [0, 0.1) is 17.6 Å². The quantitative estimate of drug-likeness (QED) is 0.808. The normalized spacial score (nSPS) is 17.6. The molecule has 1 N–H and O–H groups in total. The molecule has 1 aromatic heterocycles. The van der Waals surface area contributed by atoms with Gasteiger partial charge in [0.25, 0.3) is 0 Å². The molecule has 1 fully saturated rings. The van der Waals surface area contributed by atoms with Crippen molar-refractivity contribution in [2.75, 3.05) is 18.4 Å². The van der Waals surface area contributed by atoms with Crippen LogP contribution in [0.1, 0.15) is 17.0 Å². The van der Waals surface area contributed by atoms with Gasteiger partial charge in [-0.25, -0.2) is 13.6 Å². The van der Waals surface area contributed by atoms with Crippen molar-refractivity contribution in [3.63, 3.8) is 0 Å². The SMILES string of the molecule is O=C(Nc1nnc(Cc2cc(F)cc(F)c2)s1)N1CCC(C(F)(F)F)C1. The Balaban J connectivity index is 1.59. The summed E-state index contributed by atoms with van der Waals surface area (Å²) in [7, 11) is 0. The number of benzene rings is 1. The van der Waals surface area contributed by atoms with Crippen LogP contribution in [0.4, 0.5) is 31.9 Å². The van der Waals surface area contributed by atoms with Gasteiger partial charge in [-0.15, -0.1) is 10.2 Å². The number of nitrogens with one attached hydrogen (secondary N) is 1. The lowest BCUT2D eigenvalue weighted by Crippen LogP contribution is -2.35. The molecule has 2 aromatic rings. The van der Waals surface area contributed by atoms with Gasteiger partial charge in [0.15, 0.2) is 0 Å². The monoisotopic (exact) mass is 392 g/mol. The van der Waals surface area contributed by atoms with Crippen molar-refractivity contribution in [2.45, 2.75) is 19.0 Å². The number of aromatic nitrogens is 2. The molecule has 140 valence electrons. The zero-order valence-corrected chi connectivity index (χ0v) is 14.0. The van der Waals surface area contributed by atoms with E-state index in [1.165, 1.54) is 0 Å². The van der Waals surface area contributed by atoms with Crippen molar-refractivity contribution in [1.82, 2.24) is 15.1 Å². The number of anilines is 1. The minimum atomic E-state index is -4.33. The Morgan fingerprint density at radius 3 is 2.54 bits per heavy atom. The second-order valence-electron chi connectivity index (χ2n) is 5.86. The number of rotatable bonds is 3. The second kappa shape index (κ2) is 7.14. The van der Waals surface area contributed by atoms with E-state index in [2.05, 4.69) is 15.5 Å². The molecule has 1 atom stereocenters. The smallest absolute Gasteiger partial charge is 0.324 e. The second-order valence-corrected chi connectivity index (χ2v) is 6.92. The molecule has 3 rings (SSSR count). The maximum atomic E-state index is 13.2. The lowest BCUT2D eigenvalue weighted by molar-refractivity contribution is -0.169. The Labute approximate surface area is 148 Å². The summed E-state index contributed by atoms with van der Waals surface area (Å²) in [4.78, 5) is 13.1. The number of amides is 2. The zero-order chi connectivity index (χ0) is 18.9. The van der Waals surface area contributed by atoms with Crippen LogP contribution in [-0.4, -0.2) is 40.4 Å². The predicted octanol–water partition coefficient (Wildman–Crippen LogP) is 3.82. The summed E-state index contributed by atoms with van der Waals surface area (Å²) in [5, 5.41) is 10.5. The number of nitrogens with zero attached hydrogens (tertiary/aromatic N) is 3. The van der Waals surface area contributed by atoms with Crippen molar-refractivity contribution in [3.8, 4) is 0 Å². The lowest BCUT2D eigenvalue weighted by Gasteiger charge is -2.17. The van der Waals surface area contributed by atoms with Gasteiger partial charge in [0, 0.05) is 25.6 Å². The van der Waals surface area contributed by atoms with Gasteiger partial charge in [-0.1, -0.05) is 11.3 Å². The van der Waals surface area contributed by atoms with Gasteiger partial charge in [-0.3, -0.25) is 5.32 Å². The number of carbonyl (C=O) groups excluding carboxylic acids is 1. The fraction of sp³-hybridized carbons (Fsp3) is 0.400. The highest BCUT2D eigenvalue weighted by molar-refractivity contribution is 7.15. The van der Waals surface area contributed by atoms with E-state index in [4.69, 9.17) is 0 Å². The first-order chi connectivity index (χ1) is 12.2. The molecule has 1 unspecified atom stereocenters. The fourth-order valence-electron chi connectivity index (χ4n) is 2.65. The van der Waals surface area contributed by atoms with Gasteiger partial charge in [-0.05, 0) is 24.1 Å². The van der Waals surface area contributed by atoms with E-state index >= 15 is 0 Å². The van der Waals surface area contributed by atoms with Crippen molar-refractivity contribution in [1.29, 1.82) is 0 Å². The molecule has 1 saturated heterocycles. The van der Waals surface area contributed by atoms with Crippen molar-refractivity contribution >= 4 is 22.5 Å². The Bertz CT molecular complexity index is 789. The van der Waals surface area contributed by atoms with E-state index in [-0.39, 0.29) is 24.5 Å². The van der Waals surface area contributed by atoms with E-state index < -0.39 is 36.3 Å². The van der Waals surface area contributed by atoms with Crippen molar-refractivity contribution < 1.29 is 26.7 Å². The molecule has 2 amide bonds. The summed E-state index contributed by atoms with van der Waals surface area (Å²) in [6.07, 6.45) is -4.35. The number of hydrogen-bond donors (Lipinski definition) is 1. The van der Waals surface area contributed by atoms with Gasteiger partial charge in [-0.2, -0.15) is 13.2 Å². The zero-order valence-electron chi connectivity index (χ0n) is 13.2. The molecule has 0 saturated carbocycles. The topological polar surface area (TPSA) is 58.1 Å². The molecule has 0 aliphatic carbocycles. The van der Waals surface area contributed by atoms with E-state index in [0.717, 1.165) is 34.4 Å². The van der Waals surface area contributed by atoms with Crippen LogP contribution in [0.3, 0.4) is 0 Å². The molecular weight excluding hydrogens is 379 g/mol. The van der Waals surface area contributed by atoms with Gasteiger partial charge in [0.05, 0.1) is 5.92 Å². The van der Waals surface area contributed by atoms with E-state index in [1.54, 1.807) is 0 Å². The van der Waals surface area contributed by atoms with E-state index in [0.29, 0.717) is 10.6 Å². The standard InChI is InChI=1S/C15H13F5N4OS/c16-10-3-8(4-11(17)6-10)5-12-22-23-13(26-12)21-14(25)24-2-1-9(7-24)15(18,19)20/h3-4,6,9H,1-2,5,7H2,(H,21,23,25). The molecular formula is C15H13F5N4OS. The minimum absolute atomic E-state index is 0.00421. The third-order valence-corrected chi connectivity index (χ3v) is 4.74. The van der Waals surface area contributed by atoms with Crippen LogP contribution in [0.5, 0.6) is 0 Å². The minimum Gasteiger partial charge on any atom is -0.324 e. The van der Waals surface area contributed by atoms with Crippen LogP contribution < -0.4 is 5.32 Å². The first-order valence-corrected chi connectivity index (χ1v) is 8.42. The largest absolute Gasteiger partial charge is 0.393 e. The molecule has 5 nitrogen and oxygen atoms in total. The molecule has 11 heteroatoms.